The number of nitrogens with two attached hydrogens (primary N) is 1. The quantitative estimate of drug-likeness (QED) is 0.891. The Kier molecular flexibility index (Phi) is 3.18. The van der Waals surface area contributed by atoms with E-state index in [1.807, 2.05) is 11.3 Å². The molecule has 5 heteroatoms. The maximum Gasteiger partial charge on any atom is 0.0975 e. The van der Waals surface area contributed by atoms with Crippen LogP contribution in [0.1, 0.15) is 27.9 Å². The lowest BCUT2D eigenvalue weighted by Crippen LogP contribution is -2.52. The van der Waals surface area contributed by atoms with Gasteiger partial charge in [-0.3, -0.25) is 0 Å². The van der Waals surface area contributed by atoms with E-state index in [2.05, 4.69) is 18.9 Å². The third kappa shape index (κ3) is 1.90. The Balaban J connectivity index is 1.86. The van der Waals surface area contributed by atoms with E-state index in [-0.39, 0.29) is 5.41 Å². The number of nitrogens with zero attached hydrogens (tertiary/aromatic N) is 2. The lowest BCUT2D eigenvalue weighted by atomic mass is 9.83. The van der Waals surface area contributed by atoms with Crippen molar-refractivity contribution in [1.29, 1.82) is 0 Å². The standard InChI is InChI=1S/C13H21N3OS/c1-9-11(13(6-14)7-17-8-13)18-12(15-9)10-3-4-16(2)5-10/h10H,3-8,14H2,1-2H3. The molecule has 0 spiro atoms. The van der Waals surface area contributed by atoms with Gasteiger partial charge in [0, 0.05) is 23.9 Å². The molecule has 18 heavy (non-hydrogen) atoms. The Hall–Kier alpha value is -0.490. The van der Waals surface area contributed by atoms with E-state index < -0.39 is 0 Å². The van der Waals surface area contributed by atoms with Crippen molar-refractivity contribution in [2.24, 2.45) is 5.73 Å². The zero-order chi connectivity index (χ0) is 12.8. The number of hydrogen-bond donors (Lipinski definition) is 1. The van der Waals surface area contributed by atoms with Crippen molar-refractivity contribution in [3.63, 3.8) is 0 Å². The summed E-state index contributed by atoms with van der Waals surface area (Å²) >= 11 is 1.87. The lowest BCUT2D eigenvalue weighted by Gasteiger charge is -2.39. The van der Waals surface area contributed by atoms with Gasteiger partial charge in [-0.25, -0.2) is 4.98 Å². The van der Waals surface area contributed by atoms with Crippen molar-refractivity contribution >= 4 is 11.3 Å². The van der Waals surface area contributed by atoms with Crippen LogP contribution < -0.4 is 5.73 Å². The zero-order valence-corrected chi connectivity index (χ0v) is 11.9. The molecule has 2 aliphatic rings. The number of aryl methyl sites for hydroxylation is 1. The van der Waals surface area contributed by atoms with Crippen LogP contribution in [-0.4, -0.2) is 49.8 Å². The van der Waals surface area contributed by atoms with Crippen LogP contribution in [0.15, 0.2) is 0 Å². The van der Waals surface area contributed by atoms with Crippen molar-refractivity contribution < 1.29 is 4.74 Å². The van der Waals surface area contributed by atoms with Gasteiger partial charge in [0.05, 0.1) is 29.3 Å². The molecule has 0 aromatic carbocycles. The molecule has 0 saturated carbocycles. The molecule has 100 valence electrons. The fourth-order valence-corrected chi connectivity index (χ4v) is 4.27. The summed E-state index contributed by atoms with van der Waals surface area (Å²) in [4.78, 5) is 8.55. The van der Waals surface area contributed by atoms with Crippen molar-refractivity contribution in [3.8, 4) is 0 Å². The Morgan fingerprint density at radius 3 is 2.83 bits per heavy atom. The third-order valence-corrected chi connectivity index (χ3v) is 5.75. The molecule has 1 aromatic rings. The van der Waals surface area contributed by atoms with Gasteiger partial charge in [-0.2, -0.15) is 0 Å². The summed E-state index contributed by atoms with van der Waals surface area (Å²) in [7, 11) is 2.18. The number of rotatable bonds is 3. The molecule has 2 aliphatic heterocycles. The first kappa shape index (κ1) is 12.5. The minimum atomic E-state index is 0.0600. The molecule has 0 aliphatic carbocycles. The number of aromatic nitrogens is 1. The number of likely N-dealkylation sites (tertiary alicyclic amines) is 1. The summed E-state index contributed by atoms with van der Waals surface area (Å²) in [6, 6.07) is 0. The van der Waals surface area contributed by atoms with Crippen molar-refractivity contribution in [2.75, 3.05) is 39.9 Å². The second-order valence-electron chi connectivity index (χ2n) is 5.69. The normalized spacial score (nSPS) is 27.4. The second kappa shape index (κ2) is 4.56. The molecular formula is C13H21N3OS. The van der Waals surface area contributed by atoms with Gasteiger partial charge in [0.15, 0.2) is 0 Å². The molecule has 3 rings (SSSR count). The van der Waals surface area contributed by atoms with Crippen LogP contribution in [-0.2, 0) is 10.2 Å². The highest BCUT2D eigenvalue weighted by Gasteiger charge is 2.42. The van der Waals surface area contributed by atoms with Crippen molar-refractivity contribution in [3.05, 3.63) is 15.6 Å². The van der Waals surface area contributed by atoms with Crippen LogP contribution in [0.25, 0.3) is 0 Å². The Labute approximate surface area is 112 Å². The zero-order valence-electron chi connectivity index (χ0n) is 11.1. The molecule has 1 aromatic heterocycles. The van der Waals surface area contributed by atoms with Crippen LogP contribution >= 0.6 is 11.3 Å². The van der Waals surface area contributed by atoms with Gasteiger partial charge in [0.25, 0.3) is 0 Å². The summed E-state index contributed by atoms with van der Waals surface area (Å²) < 4.78 is 5.38. The molecule has 0 amide bonds. The number of ether oxygens (including phenoxy) is 1. The Morgan fingerprint density at radius 2 is 2.33 bits per heavy atom. The van der Waals surface area contributed by atoms with Gasteiger partial charge in [-0.05, 0) is 26.9 Å². The molecule has 2 fully saturated rings. The minimum absolute atomic E-state index is 0.0600. The largest absolute Gasteiger partial charge is 0.379 e. The summed E-state index contributed by atoms with van der Waals surface area (Å²) in [5.41, 5.74) is 7.17. The maximum atomic E-state index is 5.95. The lowest BCUT2D eigenvalue weighted by molar-refractivity contribution is -0.0535. The summed E-state index contributed by atoms with van der Waals surface area (Å²) in [5.74, 6) is 0.614. The van der Waals surface area contributed by atoms with Crippen LogP contribution in [0, 0.1) is 6.92 Å². The highest BCUT2D eigenvalue weighted by Crippen LogP contribution is 2.40. The Morgan fingerprint density at radius 1 is 1.56 bits per heavy atom. The minimum Gasteiger partial charge on any atom is -0.379 e. The molecule has 1 atom stereocenters. The number of likely N-dealkylation sites (N-methyl/N-ethyl adjacent to an activating group) is 1. The van der Waals surface area contributed by atoms with Gasteiger partial charge in [-0.15, -0.1) is 11.3 Å². The highest BCUT2D eigenvalue weighted by molar-refractivity contribution is 7.12. The average Bonchev–Trinajstić information content (AvgIpc) is 2.86. The summed E-state index contributed by atoms with van der Waals surface area (Å²) in [6.45, 7) is 6.62. The van der Waals surface area contributed by atoms with Gasteiger partial charge >= 0.3 is 0 Å². The van der Waals surface area contributed by atoms with Crippen LogP contribution in [0.4, 0.5) is 0 Å². The van der Waals surface area contributed by atoms with Gasteiger partial charge in [0.1, 0.15) is 0 Å². The Bertz CT molecular complexity index is 436. The van der Waals surface area contributed by atoms with E-state index >= 15 is 0 Å². The smallest absolute Gasteiger partial charge is 0.0975 e. The first-order valence-corrected chi connectivity index (χ1v) is 7.40. The van der Waals surface area contributed by atoms with Crippen LogP contribution in [0.2, 0.25) is 0 Å². The van der Waals surface area contributed by atoms with E-state index in [0.717, 1.165) is 19.8 Å². The van der Waals surface area contributed by atoms with Crippen molar-refractivity contribution in [2.45, 2.75) is 24.7 Å². The van der Waals surface area contributed by atoms with E-state index in [1.54, 1.807) is 0 Å². The molecule has 2 N–H and O–H groups in total. The third-order valence-electron chi connectivity index (χ3n) is 4.18. The van der Waals surface area contributed by atoms with Gasteiger partial charge < -0.3 is 15.4 Å². The topological polar surface area (TPSA) is 51.4 Å². The molecule has 4 nitrogen and oxygen atoms in total. The number of hydrogen-bond acceptors (Lipinski definition) is 5. The summed E-state index contributed by atoms with van der Waals surface area (Å²) in [5, 5.41) is 1.30. The molecular weight excluding hydrogens is 246 g/mol. The fraction of sp³-hybridized carbons (Fsp3) is 0.769. The van der Waals surface area contributed by atoms with E-state index in [0.29, 0.717) is 12.5 Å². The predicted molar refractivity (Wildman–Crippen MR) is 73.3 cm³/mol. The number of thiazole rings is 1. The fourth-order valence-electron chi connectivity index (χ4n) is 2.91. The van der Waals surface area contributed by atoms with E-state index in [4.69, 9.17) is 15.5 Å². The first-order chi connectivity index (χ1) is 8.64. The average molecular weight is 267 g/mol. The first-order valence-electron chi connectivity index (χ1n) is 6.59. The highest BCUT2D eigenvalue weighted by atomic mass is 32.1. The monoisotopic (exact) mass is 267 g/mol. The molecule has 2 saturated heterocycles. The van der Waals surface area contributed by atoms with Crippen LogP contribution in [0.5, 0.6) is 0 Å². The maximum absolute atomic E-state index is 5.95. The van der Waals surface area contributed by atoms with E-state index in [9.17, 15) is 0 Å². The van der Waals surface area contributed by atoms with Crippen molar-refractivity contribution in [1.82, 2.24) is 9.88 Å². The molecule has 3 heterocycles. The van der Waals surface area contributed by atoms with E-state index in [1.165, 1.54) is 28.5 Å². The molecule has 1 unspecified atom stereocenters. The van der Waals surface area contributed by atoms with Crippen LogP contribution in [0.3, 0.4) is 0 Å². The summed E-state index contributed by atoms with van der Waals surface area (Å²) in [6.07, 6.45) is 1.23. The molecule has 0 radical (unpaired) electrons. The van der Waals surface area contributed by atoms with Gasteiger partial charge in [0.2, 0.25) is 0 Å². The predicted octanol–water partition coefficient (Wildman–Crippen LogP) is 1.10. The SMILES string of the molecule is Cc1nc(C2CCN(C)C2)sc1C1(CN)COC1. The second-order valence-corrected chi connectivity index (χ2v) is 6.72. The molecule has 0 bridgehead atoms. The van der Waals surface area contributed by atoms with Gasteiger partial charge in [-0.1, -0.05) is 0 Å².